The molecule has 0 aliphatic carbocycles. The van der Waals surface area contributed by atoms with Crippen LogP contribution in [0.5, 0.6) is 0 Å². The lowest BCUT2D eigenvalue weighted by Gasteiger charge is -2.15. The molecule has 0 bridgehead atoms. The van der Waals surface area contributed by atoms with E-state index in [1.54, 1.807) is 10.7 Å². The SMILES string of the molecule is CCc1nnc2n1N=C(c1ccc([N+](=O)[O-])o1)/C(=C/c1ccc(C)cc1)S2. The van der Waals surface area contributed by atoms with Crippen molar-refractivity contribution in [3.63, 3.8) is 0 Å². The van der Waals surface area contributed by atoms with Crippen molar-refractivity contribution < 1.29 is 9.34 Å². The van der Waals surface area contributed by atoms with E-state index in [2.05, 4.69) is 15.3 Å². The zero-order valence-electron chi connectivity index (χ0n) is 14.6. The Morgan fingerprint density at radius 1 is 1.22 bits per heavy atom. The lowest BCUT2D eigenvalue weighted by molar-refractivity contribution is -0.402. The van der Waals surface area contributed by atoms with Gasteiger partial charge in [0.05, 0.1) is 6.07 Å². The molecule has 8 nitrogen and oxygen atoms in total. The maximum Gasteiger partial charge on any atom is 0.433 e. The standard InChI is InChI=1S/C18H15N5O3S/c1-3-15-19-20-18-22(15)21-17(13-8-9-16(26-13)23(24)25)14(27-18)10-12-6-4-11(2)5-7-12/h4-10H,3H2,1-2H3/b14-10-. The molecule has 136 valence electrons. The van der Waals surface area contributed by atoms with Crippen molar-refractivity contribution in [3.05, 3.63) is 74.1 Å². The molecule has 0 atom stereocenters. The molecule has 3 heterocycles. The van der Waals surface area contributed by atoms with Crippen molar-refractivity contribution >= 4 is 29.4 Å². The summed E-state index contributed by atoms with van der Waals surface area (Å²) in [5, 5.41) is 24.6. The van der Waals surface area contributed by atoms with Gasteiger partial charge in [-0.3, -0.25) is 10.1 Å². The highest BCUT2D eigenvalue weighted by atomic mass is 32.2. The number of benzene rings is 1. The highest BCUT2D eigenvalue weighted by Crippen LogP contribution is 2.35. The molecule has 0 saturated heterocycles. The van der Waals surface area contributed by atoms with E-state index in [-0.39, 0.29) is 5.88 Å². The van der Waals surface area contributed by atoms with Gasteiger partial charge in [-0.2, -0.15) is 9.78 Å². The molecule has 0 amide bonds. The van der Waals surface area contributed by atoms with Crippen LogP contribution in [0.15, 0.2) is 56.0 Å². The van der Waals surface area contributed by atoms with E-state index in [0.717, 1.165) is 16.0 Å². The maximum absolute atomic E-state index is 11.0. The Morgan fingerprint density at radius 2 is 2.00 bits per heavy atom. The minimum Gasteiger partial charge on any atom is -0.399 e. The van der Waals surface area contributed by atoms with Gasteiger partial charge in [-0.05, 0) is 36.4 Å². The first-order valence-corrected chi connectivity index (χ1v) is 9.11. The summed E-state index contributed by atoms with van der Waals surface area (Å²) in [4.78, 5) is 11.2. The van der Waals surface area contributed by atoms with Gasteiger partial charge in [0.15, 0.2) is 11.6 Å². The summed E-state index contributed by atoms with van der Waals surface area (Å²) in [5.74, 6) is 0.720. The topological polar surface area (TPSA) is 99.3 Å². The molecular weight excluding hydrogens is 366 g/mol. The van der Waals surface area contributed by atoms with Crippen LogP contribution in [-0.4, -0.2) is 25.5 Å². The van der Waals surface area contributed by atoms with E-state index in [1.165, 1.54) is 17.8 Å². The molecule has 1 aromatic carbocycles. The lowest BCUT2D eigenvalue weighted by Crippen LogP contribution is -2.12. The van der Waals surface area contributed by atoms with Crippen LogP contribution in [-0.2, 0) is 6.42 Å². The molecule has 0 unspecified atom stereocenters. The van der Waals surface area contributed by atoms with Crippen molar-refractivity contribution in [3.8, 4) is 0 Å². The average molecular weight is 381 g/mol. The molecule has 4 rings (SSSR count). The molecule has 3 aromatic rings. The fraction of sp³-hybridized carbons (Fsp3) is 0.167. The van der Waals surface area contributed by atoms with Gasteiger partial charge in [0.2, 0.25) is 5.16 Å². The second kappa shape index (κ2) is 6.84. The van der Waals surface area contributed by atoms with Gasteiger partial charge in [0.25, 0.3) is 0 Å². The van der Waals surface area contributed by atoms with Crippen molar-refractivity contribution in [2.24, 2.45) is 5.10 Å². The molecule has 0 fully saturated rings. The number of rotatable bonds is 4. The first kappa shape index (κ1) is 17.2. The van der Waals surface area contributed by atoms with Gasteiger partial charge >= 0.3 is 5.88 Å². The summed E-state index contributed by atoms with van der Waals surface area (Å²) < 4.78 is 7.05. The number of nitrogens with zero attached hydrogens (tertiary/aromatic N) is 5. The largest absolute Gasteiger partial charge is 0.433 e. The number of allylic oxidation sites excluding steroid dienone is 1. The predicted octanol–water partition coefficient (Wildman–Crippen LogP) is 4.05. The minimum atomic E-state index is -0.564. The minimum absolute atomic E-state index is 0.322. The zero-order chi connectivity index (χ0) is 19.0. The lowest BCUT2D eigenvalue weighted by atomic mass is 10.1. The third kappa shape index (κ3) is 3.28. The monoisotopic (exact) mass is 381 g/mol. The van der Waals surface area contributed by atoms with Crippen LogP contribution in [0, 0.1) is 17.0 Å². The molecule has 27 heavy (non-hydrogen) atoms. The number of aryl methyl sites for hydroxylation is 2. The maximum atomic E-state index is 11.0. The normalized spacial score (nSPS) is 14.9. The number of thioether (sulfide) groups is 1. The number of furan rings is 1. The second-order valence-corrected chi connectivity index (χ2v) is 6.94. The van der Waals surface area contributed by atoms with E-state index >= 15 is 0 Å². The smallest absolute Gasteiger partial charge is 0.399 e. The van der Waals surface area contributed by atoms with Crippen molar-refractivity contribution in [1.29, 1.82) is 0 Å². The average Bonchev–Trinajstić information content (AvgIpc) is 3.29. The fourth-order valence-electron chi connectivity index (χ4n) is 2.61. The van der Waals surface area contributed by atoms with Crippen LogP contribution in [0.1, 0.15) is 29.6 Å². The number of aromatic nitrogens is 3. The summed E-state index contributed by atoms with van der Waals surface area (Å²) in [6.45, 7) is 3.99. The van der Waals surface area contributed by atoms with Crippen LogP contribution in [0.25, 0.3) is 6.08 Å². The summed E-state index contributed by atoms with van der Waals surface area (Å²) in [7, 11) is 0. The number of fused-ring (bicyclic) bond motifs is 1. The summed E-state index contributed by atoms with van der Waals surface area (Å²) in [6.07, 6.45) is 2.63. The molecular formula is C18H15N5O3S. The van der Waals surface area contributed by atoms with Crippen LogP contribution < -0.4 is 0 Å². The number of hydrogen-bond acceptors (Lipinski definition) is 7. The highest BCUT2D eigenvalue weighted by Gasteiger charge is 2.27. The third-order valence-electron chi connectivity index (χ3n) is 4.01. The molecule has 0 N–H and O–H groups in total. The quantitative estimate of drug-likeness (QED) is 0.499. The van der Waals surface area contributed by atoms with E-state index in [0.29, 0.717) is 28.9 Å². The van der Waals surface area contributed by atoms with Crippen molar-refractivity contribution in [1.82, 2.24) is 14.9 Å². The Balaban J connectivity index is 1.84. The first-order chi connectivity index (χ1) is 13.0. The van der Waals surface area contributed by atoms with Crippen LogP contribution in [0.4, 0.5) is 5.88 Å². The van der Waals surface area contributed by atoms with Crippen LogP contribution in [0.3, 0.4) is 0 Å². The fourth-order valence-corrected chi connectivity index (χ4v) is 3.56. The van der Waals surface area contributed by atoms with Gasteiger partial charge in [-0.15, -0.1) is 10.2 Å². The first-order valence-electron chi connectivity index (χ1n) is 8.29. The predicted molar refractivity (Wildman–Crippen MR) is 102 cm³/mol. The van der Waals surface area contributed by atoms with E-state index < -0.39 is 4.92 Å². The summed E-state index contributed by atoms with van der Waals surface area (Å²) in [5.41, 5.74) is 2.66. The molecule has 9 heteroatoms. The summed E-state index contributed by atoms with van der Waals surface area (Å²) in [6, 6.07) is 10.9. The Labute approximate surface area is 158 Å². The Hall–Kier alpha value is -3.20. The van der Waals surface area contributed by atoms with Gasteiger partial charge < -0.3 is 4.42 Å². The number of hydrogen-bond donors (Lipinski definition) is 0. The Kier molecular flexibility index (Phi) is 4.36. The third-order valence-corrected chi connectivity index (χ3v) is 4.98. The Bertz CT molecular complexity index is 1080. The van der Waals surface area contributed by atoms with Gasteiger partial charge in [-0.1, -0.05) is 36.8 Å². The molecule has 2 aromatic heterocycles. The van der Waals surface area contributed by atoms with Crippen molar-refractivity contribution in [2.75, 3.05) is 0 Å². The van der Waals surface area contributed by atoms with Gasteiger partial charge in [0.1, 0.15) is 10.6 Å². The summed E-state index contributed by atoms with van der Waals surface area (Å²) >= 11 is 1.40. The van der Waals surface area contributed by atoms with Gasteiger partial charge in [0, 0.05) is 11.3 Å². The molecule has 0 saturated carbocycles. The van der Waals surface area contributed by atoms with E-state index in [4.69, 9.17) is 4.42 Å². The number of nitro groups is 1. The van der Waals surface area contributed by atoms with Gasteiger partial charge in [-0.25, -0.2) is 0 Å². The van der Waals surface area contributed by atoms with E-state index in [9.17, 15) is 10.1 Å². The van der Waals surface area contributed by atoms with Crippen LogP contribution in [0.2, 0.25) is 0 Å². The molecule has 1 aliphatic rings. The zero-order valence-corrected chi connectivity index (χ0v) is 15.4. The highest BCUT2D eigenvalue weighted by molar-refractivity contribution is 8.04. The van der Waals surface area contributed by atoms with E-state index in [1.807, 2.05) is 44.2 Å². The van der Waals surface area contributed by atoms with Crippen LogP contribution >= 0.6 is 11.8 Å². The second-order valence-electron chi connectivity index (χ2n) is 5.93. The van der Waals surface area contributed by atoms with Crippen molar-refractivity contribution in [2.45, 2.75) is 25.4 Å². The Morgan fingerprint density at radius 3 is 2.67 bits per heavy atom. The molecule has 0 spiro atoms. The molecule has 0 radical (unpaired) electrons. The molecule has 1 aliphatic heterocycles.